The third kappa shape index (κ3) is 6.02. The van der Waals surface area contributed by atoms with Gasteiger partial charge in [0.2, 0.25) is 0 Å². The van der Waals surface area contributed by atoms with Crippen LogP contribution >= 0.6 is 0 Å². The third-order valence-corrected chi connectivity index (χ3v) is 3.32. The van der Waals surface area contributed by atoms with Gasteiger partial charge in [-0.05, 0) is 31.2 Å². The second-order valence-electron chi connectivity index (χ2n) is 5.04. The maximum atomic E-state index is 6.09. The van der Waals surface area contributed by atoms with Crippen molar-refractivity contribution in [3.05, 3.63) is 41.5 Å². The number of rotatable bonds is 8. The Balaban J connectivity index is 2.66. The second-order valence-corrected chi connectivity index (χ2v) is 5.04. The van der Waals surface area contributed by atoms with E-state index in [1.807, 2.05) is 0 Å². The lowest BCUT2D eigenvalue weighted by atomic mass is 9.97. The molecular formula is C17H27N. The van der Waals surface area contributed by atoms with Gasteiger partial charge in [0.1, 0.15) is 0 Å². The summed E-state index contributed by atoms with van der Waals surface area (Å²) in [6.45, 7) is 4.41. The van der Waals surface area contributed by atoms with Gasteiger partial charge in [0, 0.05) is 6.04 Å². The quantitative estimate of drug-likeness (QED) is 0.655. The highest BCUT2D eigenvalue weighted by molar-refractivity contribution is 5.52. The van der Waals surface area contributed by atoms with Gasteiger partial charge in [0.15, 0.2) is 0 Å². The van der Waals surface area contributed by atoms with E-state index in [2.05, 4.69) is 50.3 Å². The number of benzene rings is 1. The SMILES string of the molecule is CCCCC/C(=C\c1ccccc1)CC(N)CC. The van der Waals surface area contributed by atoms with Crippen LogP contribution in [0.2, 0.25) is 0 Å². The molecule has 0 saturated heterocycles. The largest absolute Gasteiger partial charge is 0.327 e. The van der Waals surface area contributed by atoms with E-state index in [0.29, 0.717) is 6.04 Å². The molecule has 0 bridgehead atoms. The number of hydrogen-bond acceptors (Lipinski definition) is 1. The van der Waals surface area contributed by atoms with Gasteiger partial charge in [-0.2, -0.15) is 0 Å². The van der Waals surface area contributed by atoms with Crippen LogP contribution in [0.3, 0.4) is 0 Å². The first-order valence-electron chi connectivity index (χ1n) is 7.26. The third-order valence-electron chi connectivity index (χ3n) is 3.32. The van der Waals surface area contributed by atoms with Gasteiger partial charge in [0.05, 0.1) is 0 Å². The fourth-order valence-electron chi connectivity index (χ4n) is 2.10. The Bertz CT molecular complexity index is 340. The lowest BCUT2D eigenvalue weighted by molar-refractivity contribution is 0.614. The molecule has 0 amide bonds. The van der Waals surface area contributed by atoms with E-state index < -0.39 is 0 Å². The molecule has 0 aliphatic carbocycles. The molecule has 1 heteroatoms. The summed E-state index contributed by atoms with van der Waals surface area (Å²) in [5, 5.41) is 0. The summed E-state index contributed by atoms with van der Waals surface area (Å²) in [5.41, 5.74) is 8.89. The molecule has 1 atom stereocenters. The maximum absolute atomic E-state index is 6.09. The Hall–Kier alpha value is -1.08. The molecule has 0 saturated carbocycles. The molecule has 0 aliphatic heterocycles. The van der Waals surface area contributed by atoms with Gasteiger partial charge in [-0.1, -0.05) is 68.7 Å². The van der Waals surface area contributed by atoms with E-state index in [0.717, 1.165) is 12.8 Å². The van der Waals surface area contributed by atoms with E-state index in [1.165, 1.54) is 36.8 Å². The average Bonchev–Trinajstić information content (AvgIpc) is 2.40. The average molecular weight is 245 g/mol. The highest BCUT2D eigenvalue weighted by atomic mass is 14.6. The molecule has 2 N–H and O–H groups in total. The zero-order chi connectivity index (χ0) is 13.2. The van der Waals surface area contributed by atoms with Crippen LogP contribution in [-0.4, -0.2) is 6.04 Å². The minimum atomic E-state index is 0.307. The Morgan fingerprint density at radius 1 is 1.17 bits per heavy atom. The van der Waals surface area contributed by atoms with Crippen LogP contribution in [0, 0.1) is 0 Å². The molecule has 0 radical (unpaired) electrons. The van der Waals surface area contributed by atoms with Gasteiger partial charge < -0.3 is 5.73 Å². The summed E-state index contributed by atoms with van der Waals surface area (Å²) in [5.74, 6) is 0. The van der Waals surface area contributed by atoms with Crippen LogP contribution in [0.1, 0.15) is 57.9 Å². The van der Waals surface area contributed by atoms with Crippen molar-refractivity contribution in [3.8, 4) is 0 Å². The van der Waals surface area contributed by atoms with E-state index >= 15 is 0 Å². The van der Waals surface area contributed by atoms with Gasteiger partial charge in [0.25, 0.3) is 0 Å². The molecule has 0 heterocycles. The van der Waals surface area contributed by atoms with Crippen molar-refractivity contribution in [2.24, 2.45) is 5.73 Å². The normalized spacial score (nSPS) is 13.6. The lowest BCUT2D eigenvalue weighted by Crippen LogP contribution is -2.19. The molecule has 1 aromatic carbocycles. The van der Waals surface area contributed by atoms with Crippen LogP contribution < -0.4 is 5.73 Å². The summed E-state index contributed by atoms with van der Waals surface area (Å²) < 4.78 is 0. The first-order chi connectivity index (χ1) is 8.76. The van der Waals surface area contributed by atoms with Gasteiger partial charge in [-0.15, -0.1) is 0 Å². The number of hydrogen-bond donors (Lipinski definition) is 1. The maximum Gasteiger partial charge on any atom is 0.00735 e. The molecule has 0 aliphatic rings. The predicted octanol–water partition coefficient (Wildman–Crippen LogP) is 4.78. The molecule has 1 aromatic rings. The van der Waals surface area contributed by atoms with Crippen LogP contribution in [0.5, 0.6) is 0 Å². The summed E-state index contributed by atoms with van der Waals surface area (Å²) in [7, 11) is 0. The highest BCUT2D eigenvalue weighted by Crippen LogP contribution is 2.19. The number of nitrogens with two attached hydrogens (primary N) is 1. The molecule has 1 rings (SSSR count). The Kier molecular flexibility index (Phi) is 7.43. The van der Waals surface area contributed by atoms with E-state index in [4.69, 9.17) is 5.73 Å². The fourth-order valence-corrected chi connectivity index (χ4v) is 2.10. The van der Waals surface area contributed by atoms with Gasteiger partial charge in [-0.3, -0.25) is 0 Å². The van der Waals surface area contributed by atoms with Crippen LogP contribution in [-0.2, 0) is 0 Å². The van der Waals surface area contributed by atoms with Crippen LogP contribution in [0.15, 0.2) is 35.9 Å². The van der Waals surface area contributed by atoms with E-state index in [1.54, 1.807) is 0 Å². The Morgan fingerprint density at radius 3 is 2.50 bits per heavy atom. The summed E-state index contributed by atoms with van der Waals surface area (Å²) in [6.07, 6.45) is 9.48. The monoisotopic (exact) mass is 245 g/mol. The van der Waals surface area contributed by atoms with Crippen molar-refractivity contribution in [2.45, 2.75) is 58.4 Å². The molecule has 1 nitrogen and oxygen atoms in total. The Morgan fingerprint density at radius 2 is 1.89 bits per heavy atom. The van der Waals surface area contributed by atoms with Crippen molar-refractivity contribution in [1.29, 1.82) is 0 Å². The van der Waals surface area contributed by atoms with Crippen LogP contribution in [0.25, 0.3) is 6.08 Å². The Labute approximate surface area is 112 Å². The molecule has 0 aromatic heterocycles. The number of unbranched alkanes of at least 4 members (excludes halogenated alkanes) is 2. The van der Waals surface area contributed by atoms with Crippen molar-refractivity contribution in [1.82, 2.24) is 0 Å². The van der Waals surface area contributed by atoms with Gasteiger partial charge in [-0.25, -0.2) is 0 Å². The van der Waals surface area contributed by atoms with Crippen molar-refractivity contribution >= 4 is 6.08 Å². The van der Waals surface area contributed by atoms with Crippen molar-refractivity contribution < 1.29 is 0 Å². The highest BCUT2D eigenvalue weighted by Gasteiger charge is 2.04. The summed E-state index contributed by atoms with van der Waals surface area (Å²) >= 11 is 0. The second kappa shape index (κ2) is 8.93. The van der Waals surface area contributed by atoms with Gasteiger partial charge >= 0.3 is 0 Å². The molecule has 0 spiro atoms. The van der Waals surface area contributed by atoms with E-state index in [-0.39, 0.29) is 0 Å². The standard InChI is InChI=1S/C17H27N/c1-3-5-7-12-16(14-17(18)4-2)13-15-10-8-6-9-11-15/h6,8-11,13,17H,3-5,7,12,14,18H2,1-2H3/b16-13+. The minimum Gasteiger partial charge on any atom is -0.327 e. The van der Waals surface area contributed by atoms with E-state index in [9.17, 15) is 0 Å². The topological polar surface area (TPSA) is 26.0 Å². The van der Waals surface area contributed by atoms with Crippen LogP contribution in [0.4, 0.5) is 0 Å². The fraction of sp³-hybridized carbons (Fsp3) is 0.529. The minimum absolute atomic E-state index is 0.307. The molecule has 18 heavy (non-hydrogen) atoms. The van der Waals surface area contributed by atoms with Crippen molar-refractivity contribution in [2.75, 3.05) is 0 Å². The molecule has 0 fully saturated rings. The first-order valence-corrected chi connectivity index (χ1v) is 7.26. The lowest BCUT2D eigenvalue weighted by Gasteiger charge is -2.13. The predicted molar refractivity (Wildman–Crippen MR) is 81.4 cm³/mol. The van der Waals surface area contributed by atoms with Crippen molar-refractivity contribution in [3.63, 3.8) is 0 Å². The molecule has 1 unspecified atom stereocenters. The zero-order valence-corrected chi connectivity index (χ0v) is 11.9. The smallest absolute Gasteiger partial charge is 0.00735 e. The molecular weight excluding hydrogens is 218 g/mol. The zero-order valence-electron chi connectivity index (χ0n) is 11.9. The summed E-state index contributed by atoms with van der Waals surface area (Å²) in [6, 6.07) is 10.9. The summed E-state index contributed by atoms with van der Waals surface area (Å²) in [4.78, 5) is 0. The first kappa shape index (κ1) is 15.0. The molecule has 100 valence electrons.